The van der Waals surface area contributed by atoms with Gasteiger partial charge in [-0.15, -0.1) is 0 Å². The molecule has 2 atom stereocenters. The Bertz CT molecular complexity index is 1030. The summed E-state index contributed by atoms with van der Waals surface area (Å²) >= 11 is 0. The van der Waals surface area contributed by atoms with Gasteiger partial charge >= 0.3 is 0 Å². The Morgan fingerprint density at radius 3 is 2.37 bits per heavy atom. The number of fused-ring (bicyclic) bond motifs is 1. The minimum atomic E-state index is -0.679. The SMILES string of the molecule is CC[C@@H](C)NC(=O)c1ccccc1NC(=O)[C@H](CC)Oc1cccc2ccccc12. The molecule has 5 heteroatoms. The summed E-state index contributed by atoms with van der Waals surface area (Å²) in [5, 5.41) is 7.83. The molecule has 156 valence electrons. The van der Waals surface area contributed by atoms with E-state index in [2.05, 4.69) is 10.6 Å². The summed E-state index contributed by atoms with van der Waals surface area (Å²) in [6, 6.07) is 20.8. The predicted octanol–water partition coefficient (Wildman–Crippen LogP) is 5.16. The predicted molar refractivity (Wildman–Crippen MR) is 121 cm³/mol. The highest BCUT2D eigenvalue weighted by molar-refractivity contribution is 6.04. The van der Waals surface area contributed by atoms with Gasteiger partial charge < -0.3 is 15.4 Å². The van der Waals surface area contributed by atoms with Gasteiger partial charge in [0, 0.05) is 11.4 Å². The molecule has 3 aromatic carbocycles. The van der Waals surface area contributed by atoms with E-state index < -0.39 is 6.10 Å². The Labute approximate surface area is 177 Å². The number of anilines is 1. The molecule has 0 radical (unpaired) electrons. The third-order valence-electron chi connectivity index (χ3n) is 5.10. The summed E-state index contributed by atoms with van der Waals surface area (Å²) in [5.41, 5.74) is 0.912. The number of hydrogen-bond donors (Lipinski definition) is 2. The number of para-hydroxylation sites is 1. The molecular formula is C25H28N2O3. The minimum absolute atomic E-state index is 0.0549. The van der Waals surface area contributed by atoms with Crippen LogP contribution in [0.2, 0.25) is 0 Å². The first-order chi connectivity index (χ1) is 14.5. The van der Waals surface area contributed by atoms with Gasteiger partial charge in [0.25, 0.3) is 11.8 Å². The van der Waals surface area contributed by atoms with Crippen molar-refractivity contribution in [3.05, 3.63) is 72.3 Å². The van der Waals surface area contributed by atoms with Crippen molar-refractivity contribution in [2.24, 2.45) is 0 Å². The Hall–Kier alpha value is -3.34. The molecule has 3 rings (SSSR count). The molecule has 0 spiro atoms. The van der Waals surface area contributed by atoms with Crippen molar-refractivity contribution < 1.29 is 14.3 Å². The number of benzene rings is 3. The molecule has 0 aromatic heterocycles. The van der Waals surface area contributed by atoms with Crippen LogP contribution >= 0.6 is 0 Å². The van der Waals surface area contributed by atoms with E-state index in [0.29, 0.717) is 23.4 Å². The number of carbonyl (C=O) groups is 2. The van der Waals surface area contributed by atoms with Gasteiger partial charge in [0.15, 0.2) is 6.10 Å². The maximum Gasteiger partial charge on any atom is 0.265 e. The Kier molecular flexibility index (Phi) is 7.07. The highest BCUT2D eigenvalue weighted by atomic mass is 16.5. The van der Waals surface area contributed by atoms with Gasteiger partial charge in [-0.25, -0.2) is 0 Å². The maximum absolute atomic E-state index is 13.0. The highest BCUT2D eigenvalue weighted by Crippen LogP contribution is 2.27. The van der Waals surface area contributed by atoms with Crippen LogP contribution in [0.1, 0.15) is 44.0 Å². The van der Waals surface area contributed by atoms with Crippen molar-refractivity contribution in [3.63, 3.8) is 0 Å². The first kappa shape index (κ1) is 21.4. The standard InChI is InChI=1S/C25H28N2O3/c1-4-17(3)26-24(28)20-14-8-9-15-21(20)27-25(29)22(5-2)30-23-16-10-12-18-11-6-7-13-19(18)23/h6-17,22H,4-5H2,1-3H3,(H,26,28)(H,27,29)/t17-,22+/m1/s1. The lowest BCUT2D eigenvalue weighted by atomic mass is 10.1. The number of rotatable bonds is 8. The lowest BCUT2D eigenvalue weighted by molar-refractivity contribution is -0.122. The van der Waals surface area contributed by atoms with E-state index in [0.717, 1.165) is 17.2 Å². The second-order valence-electron chi connectivity index (χ2n) is 7.31. The fraction of sp³-hybridized carbons (Fsp3) is 0.280. The molecule has 30 heavy (non-hydrogen) atoms. The summed E-state index contributed by atoms with van der Waals surface area (Å²) in [6.45, 7) is 5.86. The smallest absolute Gasteiger partial charge is 0.265 e. The number of amides is 2. The van der Waals surface area contributed by atoms with E-state index in [1.165, 1.54) is 0 Å². The van der Waals surface area contributed by atoms with E-state index in [4.69, 9.17) is 4.74 Å². The summed E-state index contributed by atoms with van der Waals surface area (Å²) in [4.78, 5) is 25.6. The van der Waals surface area contributed by atoms with Crippen LogP contribution in [0, 0.1) is 0 Å². The number of ether oxygens (including phenoxy) is 1. The van der Waals surface area contributed by atoms with Gasteiger partial charge in [0.2, 0.25) is 0 Å². The minimum Gasteiger partial charge on any atom is -0.480 e. The molecule has 0 saturated carbocycles. The van der Waals surface area contributed by atoms with Crippen molar-refractivity contribution in [2.45, 2.75) is 45.8 Å². The van der Waals surface area contributed by atoms with Crippen molar-refractivity contribution >= 4 is 28.3 Å². The van der Waals surface area contributed by atoms with Crippen LogP contribution in [0.3, 0.4) is 0 Å². The van der Waals surface area contributed by atoms with Gasteiger partial charge in [-0.05, 0) is 43.4 Å². The van der Waals surface area contributed by atoms with Crippen LogP contribution in [0.5, 0.6) is 5.75 Å². The summed E-state index contributed by atoms with van der Waals surface area (Å²) < 4.78 is 6.08. The lowest BCUT2D eigenvalue weighted by Gasteiger charge is -2.20. The van der Waals surface area contributed by atoms with Crippen molar-refractivity contribution in [3.8, 4) is 5.75 Å². The van der Waals surface area contributed by atoms with E-state index >= 15 is 0 Å². The Balaban J connectivity index is 1.78. The lowest BCUT2D eigenvalue weighted by Crippen LogP contribution is -2.35. The third kappa shape index (κ3) is 4.98. The maximum atomic E-state index is 13.0. The molecule has 3 aromatic rings. The van der Waals surface area contributed by atoms with Crippen LogP contribution in [0.4, 0.5) is 5.69 Å². The molecule has 0 bridgehead atoms. The zero-order chi connectivity index (χ0) is 21.5. The normalized spacial score (nSPS) is 12.8. The Morgan fingerprint density at radius 2 is 1.60 bits per heavy atom. The van der Waals surface area contributed by atoms with Crippen molar-refractivity contribution in [2.75, 3.05) is 5.32 Å². The molecule has 0 heterocycles. The zero-order valence-corrected chi connectivity index (χ0v) is 17.6. The van der Waals surface area contributed by atoms with E-state index in [1.54, 1.807) is 24.3 Å². The number of hydrogen-bond acceptors (Lipinski definition) is 3. The van der Waals surface area contributed by atoms with Gasteiger partial charge in [-0.1, -0.05) is 62.4 Å². The zero-order valence-electron chi connectivity index (χ0n) is 17.6. The van der Waals surface area contributed by atoms with Crippen LogP contribution in [-0.2, 0) is 4.79 Å². The molecule has 0 saturated heterocycles. The fourth-order valence-corrected chi connectivity index (χ4v) is 3.18. The molecule has 2 amide bonds. The van der Waals surface area contributed by atoms with E-state index in [1.807, 2.05) is 63.2 Å². The summed E-state index contributed by atoms with van der Waals surface area (Å²) in [5.74, 6) is 0.176. The average molecular weight is 405 g/mol. The van der Waals surface area contributed by atoms with Crippen LogP contribution in [0.15, 0.2) is 66.7 Å². The van der Waals surface area contributed by atoms with Crippen LogP contribution in [-0.4, -0.2) is 24.0 Å². The van der Waals surface area contributed by atoms with Gasteiger partial charge in [0.05, 0.1) is 11.3 Å². The van der Waals surface area contributed by atoms with E-state index in [-0.39, 0.29) is 17.9 Å². The number of nitrogens with one attached hydrogen (secondary N) is 2. The largest absolute Gasteiger partial charge is 0.480 e. The van der Waals surface area contributed by atoms with Gasteiger partial charge in [-0.2, -0.15) is 0 Å². The van der Waals surface area contributed by atoms with Crippen molar-refractivity contribution in [1.82, 2.24) is 5.32 Å². The molecule has 2 N–H and O–H groups in total. The molecule has 0 aliphatic rings. The summed E-state index contributed by atoms with van der Waals surface area (Å²) in [6.07, 6.45) is 0.648. The monoisotopic (exact) mass is 404 g/mol. The van der Waals surface area contributed by atoms with Crippen LogP contribution < -0.4 is 15.4 Å². The number of carbonyl (C=O) groups excluding carboxylic acids is 2. The highest BCUT2D eigenvalue weighted by Gasteiger charge is 2.22. The quantitative estimate of drug-likeness (QED) is 0.545. The molecule has 0 aliphatic heterocycles. The Morgan fingerprint density at radius 1 is 0.900 bits per heavy atom. The average Bonchev–Trinajstić information content (AvgIpc) is 2.77. The molecule has 0 aliphatic carbocycles. The third-order valence-corrected chi connectivity index (χ3v) is 5.10. The van der Waals surface area contributed by atoms with E-state index in [9.17, 15) is 9.59 Å². The van der Waals surface area contributed by atoms with Crippen molar-refractivity contribution in [1.29, 1.82) is 0 Å². The van der Waals surface area contributed by atoms with Gasteiger partial charge in [-0.3, -0.25) is 9.59 Å². The second-order valence-corrected chi connectivity index (χ2v) is 7.31. The summed E-state index contributed by atoms with van der Waals surface area (Å²) in [7, 11) is 0. The first-order valence-electron chi connectivity index (χ1n) is 10.4. The molecule has 5 nitrogen and oxygen atoms in total. The van der Waals surface area contributed by atoms with Crippen LogP contribution in [0.25, 0.3) is 10.8 Å². The second kappa shape index (κ2) is 9.92. The molecular weight excluding hydrogens is 376 g/mol. The topological polar surface area (TPSA) is 67.4 Å². The first-order valence-corrected chi connectivity index (χ1v) is 10.4. The van der Waals surface area contributed by atoms with Gasteiger partial charge in [0.1, 0.15) is 5.75 Å². The fourth-order valence-electron chi connectivity index (χ4n) is 3.18. The molecule has 0 unspecified atom stereocenters. The molecule has 0 fully saturated rings.